The number of hydrogen-bond acceptors (Lipinski definition) is 5. The molecule has 0 radical (unpaired) electrons. The molecule has 2 aliphatic rings. The van der Waals surface area contributed by atoms with Gasteiger partial charge in [-0.2, -0.15) is 11.3 Å². The topological polar surface area (TPSA) is 91.4 Å². The predicted molar refractivity (Wildman–Crippen MR) is 114 cm³/mol. The third-order valence-corrected chi connectivity index (χ3v) is 6.51. The molecular weight excluding hydrogens is 400 g/mol. The van der Waals surface area contributed by atoms with Crippen molar-refractivity contribution in [3.8, 4) is 0 Å². The van der Waals surface area contributed by atoms with Crippen LogP contribution in [0, 0.1) is 0 Å². The lowest BCUT2D eigenvalue weighted by atomic mass is 9.94. The van der Waals surface area contributed by atoms with Gasteiger partial charge in [-0.1, -0.05) is 25.3 Å². The van der Waals surface area contributed by atoms with E-state index in [2.05, 4.69) is 15.6 Å². The van der Waals surface area contributed by atoms with Crippen molar-refractivity contribution in [3.05, 3.63) is 52.5 Å². The molecule has 2 fully saturated rings. The van der Waals surface area contributed by atoms with Gasteiger partial charge < -0.3 is 10.6 Å². The molecule has 158 valence electrons. The van der Waals surface area contributed by atoms with Gasteiger partial charge in [-0.05, 0) is 53.8 Å². The number of nitrogens with zero attached hydrogens (tertiary/aromatic N) is 2. The summed E-state index contributed by atoms with van der Waals surface area (Å²) in [4.78, 5) is 43.7. The van der Waals surface area contributed by atoms with Crippen LogP contribution in [0.5, 0.6) is 0 Å². The highest BCUT2D eigenvalue weighted by atomic mass is 32.1. The number of aromatic nitrogens is 1. The molecule has 1 aliphatic carbocycles. The molecule has 2 aromatic heterocycles. The summed E-state index contributed by atoms with van der Waals surface area (Å²) in [7, 11) is 0. The Morgan fingerprint density at radius 3 is 2.77 bits per heavy atom. The van der Waals surface area contributed by atoms with Gasteiger partial charge in [-0.25, -0.2) is 4.79 Å². The maximum Gasteiger partial charge on any atom is 0.325 e. The average molecular weight is 427 g/mol. The molecule has 4 rings (SSSR count). The lowest BCUT2D eigenvalue weighted by Gasteiger charge is -2.28. The number of rotatable bonds is 7. The van der Waals surface area contributed by atoms with Crippen LogP contribution in [0.1, 0.15) is 55.8 Å². The molecule has 0 unspecified atom stereocenters. The smallest absolute Gasteiger partial charge is 0.325 e. The normalized spacial score (nSPS) is 20.8. The molecule has 0 aromatic carbocycles. The van der Waals surface area contributed by atoms with Crippen molar-refractivity contribution in [1.29, 1.82) is 0 Å². The number of imide groups is 1. The summed E-state index contributed by atoms with van der Waals surface area (Å²) in [6.45, 7) is 0. The van der Waals surface area contributed by atoms with Crippen LogP contribution in [0.2, 0.25) is 0 Å². The Labute approximate surface area is 179 Å². The molecule has 2 N–H and O–H groups in total. The van der Waals surface area contributed by atoms with Crippen molar-refractivity contribution in [3.63, 3.8) is 0 Å². The first-order valence-electron chi connectivity index (χ1n) is 10.5. The van der Waals surface area contributed by atoms with Crippen LogP contribution in [0.3, 0.4) is 0 Å². The summed E-state index contributed by atoms with van der Waals surface area (Å²) >= 11 is 1.61. The fourth-order valence-corrected chi connectivity index (χ4v) is 4.95. The Morgan fingerprint density at radius 2 is 2.07 bits per heavy atom. The number of thiophene rings is 1. The van der Waals surface area contributed by atoms with Crippen molar-refractivity contribution in [2.24, 2.45) is 0 Å². The minimum atomic E-state index is -0.801. The summed E-state index contributed by atoms with van der Waals surface area (Å²) in [5, 5.41) is 9.76. The van der Waals surface area contributed by atoms with Crippen molar-refractivity contribution in [2.75, 3.05) is 0 Å². The molecule has 1 aliphatic heterocycles. The predicted octanol–water partition coefficient (Wildman–Crippen LogP) is 3.19. The molecule has 30 heavy (non-hydrogen) atoms. The van der Waals surface area contributed by atoms with Crippen molar-refractivity contribution >= 4 is 29.2 Å². The number of urea groups is 1. The first kappa shape index (κ1) is 20.5. The van der Waals surface area contributed by atoms with E-state index >= 15 is 0 Å². The molecule has 7 nitrogen and oxygen atoms in total. The molecule has 8 heteroatoms. The molecule has 2 atom stereocenters. The second-order valence-electron chi connectivity index (χ2n) is 7.92. The van der Waals surface area contributed by atoms with Crippen LogP contribution >= 0.6 is 11.3 Å². The van der Waals surface area contributed by atoms with E-state index in [0.29, 0.717) is 6.42 Å². The van der Waals surface area contributed by atoms with Crippen LogP contribution in [0.15, 0.2) is 41.2 Å². The van der Waals surface area contributed by atoms with Gasteiger partial charge in [0.15, 0.2) is 0 Å². The molecule has 4 amide bonds. The van der Waals surface area contributed by atoms with Crippen LogP contribution in [0.25, 0.3) is 0 Å². The van der Waals surface area contributed by atoms with Gasteiger partial charge in [0.1, 0.15) is 6.04 Å². The summed E-state index contributed by atoms with van der Waals surface area (Å²) in [6.07, 6.45) is 7.14. The minimum absolute atomic E-state index is 0.0424. The highest BCUT2D eigenvalue weighted by Crippen LogP contribution is 2.26. The summed E-state index contributed by atoms with van der Waals surface area (Å²) in [5.74, 6) is -0.556. The highest BCUT2D eigenvalue weighted by molar-refractivity contribution is 7.07. The number of pyridine rings is 1. The van der Waals surface area contributed by atoms with Crippen LogP contribution in [-0.4, -0.2) is 39.8 Å². The Bertz CT molecular complexity index is 881. The first-order chi connectivity index (χ1) is 14.6. The summed E-state index contributed by atoms with van der Waals surface area (Å²) in [5.41, 5.74) is 1.88. The fraction of sp³-hybridized carbons (Fsp3) is 0.455. The molecule has 0 spiro atoms. The van der Waals surface area contributed by atoms with Crippen LogP contribution < -0.4 is 10.6 Å². The maximum absolute atomic E-state index is 12.8. The van der Waals surface area contributed by atoms with Gasteiger partial charge in [0, 0.05) is 12.2 Å². The van der Waals surface area contributed by atoms with E-state index in [0.717, 1.165) is 43.4 Å². The lowest BCUT2D eigenvalue weighted by molar-refractivity contribution is -0.132. The molecule has 1 saturated carbocycles. The standard InChI is InChI=1S/C22H26N4O3S/c27-20(13-19-21(28)26(22(29)25-19)16-6-2-1-3-7-16)24-18(12-15-9-11-30-14-15)17-8-4-5-10-23-17/h4-5,8-11,14,16,18-19H,1-3,6-7,12-13H2,(H,24,27)(H,25,29)/t18-,19+/m0/s1. The van der Waals surface area contributed by atoms with E-state index in [4.69, 9.17) is 0 Å². The van der Waals surface area contributed by atoms with Crippen molar-refractivity contribution < 1.29 is 14.4 Å². The molecule has 2 aromatic rings. The Morgan fingerprint density at radius 1 is 1.23 bits per heavy atom. The first-order valence-corrected chi connectivity index (χ1v) is 11.4. The van der Waals surface area contributed by atoms with Crippen LogP contribution in [-0.2, 0) is 16.0 Å². The number of carbonyl (C=O) groups excluding carboxylic acids is 3. The zero-order valence-corrected chi connectivity index (χ0v) is 17.6. The van der Waals surface area contributed by atoms with Gasteiger partial charge in [0.2, 0.25) is 5.91 Å². The highest BCUT2D eigenvalue weighted by Gasteiger charge is 2.43. The average Bonchev–Trinajstić information content (AvgIpc) is 3.36. The van der Waals surface area contributed by atoms with Crippen molar-refractivity contribution in [2.45, 2.75) is 63.1 Å². The van der Waals surface area contributed by atoms with E-state index < -0.39 is 6.04 Å². The largest absolute Gasteiger partial charge is 0.347 e. The van der Waals surface area contributed by atoms with Gasteiger partial charge in [0.25, 0.3) is 5.91 Å². The molecular formula is C22H26N4O3S. The summed E-state index contributed by atoms with van der Waals surface area (Å²) < 4.78 is 0. The SMILES string of the molecule is O=C(C[C@H]1NC(=O)N(C2CCCCC2)C1=O)N[C@@H](Cc1ccsc1)c1ccccn1. The Hall–Kier alpha value is -2.74. The van der Waals surface area contributed by atoms with Gasteiger partial charge in [-0.3, -0.25) is 19.5 Å². The van der Waals surface area contributed by atoms with E-state index in [-0.39, 0.29) is 36.3 Å². The Kier molecular flexibility index (Phi) is 6.42. The fourth-order valence-electron chi connectivity index (χ4n) is 4.27. The van der Waals surface area contributed by atoms with Gasteiger partial charge >= 0.3 is 6.03 Å². The molecule has 1 saturated heterocycles. The third-order valence-electron chi connectivity index (χ3n) is 5.78. The van der Waals surface area contributed by atoms with Crippen LogP contribution in [0.4, 0.5) is 4.79 Å². The van der Waals surface area contributed by atoms with E-state index in [1.165, 1.54) is 4.90 Å². The monoisotopic (exact) mass is 426 g/mol. The van der Waals surface area contributed by atoms with E-state index in [1.807, 2.05) is 35.0 Å². The van der Waals surface area contributed by atoms with Crippen molar-refractivity contribution in [1.82, 2.24) is 20.5 Å². The van der Waals surface area contributed by atoms with Gasteiger partial charge in [0.05, 0.1) is 18.2 Å². The van der Waals surface area contributed by atoms with Gasteiger partial charge in [-0.15, -0.1) is 0 Å². The third kappa shape index (κ3) is 4.70. The number of carbonyl (C=O) groups is 3. The second-order valence-corrected chi connectivity index (χ2v) is 8.70. The zero-order chi connectivity index (χ0) is 20.9. The molecule has 0 bridgehead atoms. The zero-order valence-electron chi connectivity index (χ0n) is 16.8. The number of amides is 4. The summed E-state index contributed by atoms with van der Waals surface area (Å²) in [6, 6.07) is 6.11. The Balaban J connectivity index is 1.40. The number of hydrogen-bond donors (Lipinski definition) is 2. The maximum atomic E-state index is 12.8. The van der Waals surface area contributed by atoms with E-state index in [1.54, 1.807) is 17.5 Å². The molecule has 3 heterocycles. The lowest BCUT2D eigenvalue weighted by Crippen LogP contribution is -2.42. The second kappa shape index (κ2) is 9.38. The number of nitrogens with one attached hydrogen (secondary N) is 2. The quantitative estimate of drug-likeness (QED) is 0.665. The van der Waals surface area contributed by atoms with E-state index in [9.17, 15) is 14.4 Å². The minimum Gasteiger partial charge on any atom is -0.347 e.